The highest BCUT2D eigenvalue weighted by atomic mass is 16.5. The Morgan fingerprint density at radius 1 is 1.09 bits per heavy atom. The lowest BCUT2D eigenvalue weighted by molar-refractivity contribution is 0.140. The van der Waals surface area contributed by atoms with E-state index in [0.29, 0.717) is 13.2 Å². The molecule has 4 heteroatoms. The minimum Gasteiger partial charge on any atom is -0.445 e. The average Bonchev–Trinajstić information content (AvgIpc) is 2.97. The minimum absolute atomic E-state index is 0.305. The van der Waals surface area contributed by atoms with E-state index in [4.69, 9.17) is 4.74 Å². The molecule has 1 amide bonds. The van der Waals surface area contributed by atoms with Crippen molar-refractivity contribution in [2.24, 2.45) is 0 Å². The van der Waals surface area contributed by atoms with Gasteiger partial charge in [0.2, 0.25) is 0 Å². The van der Waals surface area contributed by atoms with E-state index in [1.165, 1.54) is 11.3 Å². The third-order valence-electron chi connectivity index (χ3n) is 3.85. The number of rotatable bonds is 5. The molecule has 0 radical (unpaired) electrons. The van der Waals surface area contributed by atoms with E-state index < -0.39 is 0 Å². The average molecular weight is 296 g/mol. The van der Waals surface area contributed by atoms with Crippen LogP contribution in [0.25, 0.3) is 0 Å². The summed E-state index contributed by atoms with van der Waals surface area (Å²) in [5.41, 5.74) is 3.65. The van der Waals surface area contributed by atoms with Gasteiger partial charge in [-0.1, -0.05) is 48.5 Å². The van der Waals surface area contributed by atoms with Gasteiger partial charge in [-0.05, 0) is 23.6 Å². The molecule has 0 saturated carbocycles. The zero-order valence-electron chi connectivity index (χ0n) is 12.5. The molecule has 1 heterocycles. The molecule has 0 spiro atoms. The highest BCUT2D eigenvalue weighted by Crippen LogP contribution is 2.26. The largest absolute Gasteiger partial charge is 0.445 e. The van der Waals surface area contributed by atoms with Crippen molar-refractivity contribution >= 4 is 11.8 Å². The van der Waals surface area contributed by atoms with Crippen molar-refractivity contribution in [1.29, 1.82) is 0 Å². The number of alkyl carbamates (subject to hydrolysis) is 1. The van der Waals surface area contributed by atoms with Crippen molar-refractivity contribution in [3.63, 3.8) is 0 Å². The number of para-hydroxylation sites is 1. The van der Waals surface area contributed by atoms with Crippen molar-refractivity contribution in [3.8, 4) is 0 Å². The van der Waals surface area contributed by atoms with Crippen LogP contribution in [-0.4, -0.2) is 25.7 Å². The maximum Gasteiger partial charge on any atom is 0.407 e. The van der Waals surface area contributed by atoms with E-state index in [-0.39, 0.29) is 6.09 Å². The summed E-state index contributed by atoms with van der Waals surface area (Å²) >= 11 is 0. The summed E-state index contributed by atoms with van der Waals surface area (Å²) in [5.74, 6) is 0. The van der Waals surface area contributed by atoms with E-state index in [2.05, 4.69) is 34.5 Å². The van der Waals surface area contributed by atoms with Crippen LogP contribution in [0.1, 0.15) is 11.1 Å². The maximum absolute atomic E-state index is 11.7. The van der Waals surface area contributed by atoms with E-state index in [0.717, 1.165) is 25.1 Å². The molecule has 0 saturated heterocycles. The second-order valence-electron chi connectivity index (χ2n) is 5.35. The first-order valence-electron chi connectivity index (χ1n) is 7.60. The Labute approximate surface area is 130 Å². The minimum atomic E-state index is -0.365. The molecule has 4 nitrogen and oxygen atoms in total. The Morgan fingerprint density at radius 2 is 1.86 bits per heavy atom. The number of benzene rings is 2. The lowest BCUT2D eigenvalue weighted by Crippen LogP contribution is -2.34. The van der Waals surface area contributed by atoms with E-state index in [9.17, 15) is 4.79 Å². The third-order valence-corrected chi connectivity index (χ3v) is 3.85. The van der Waals surface area contributed by atoms with E-state index in [1.807, 2.05) is 30.3 Å². The monoisotopic (exact) mass is 296 g/mol. The molecule has 2 aromatic carbocycles. The Balaban J connectivity index is 1.39. The summed E-state index contributed by atoms with van der Waals surface area (Å²) < 4.78 is 5.19. The van der Waals surface area contributed by atoms with Crippen molar-refractivity contribution < 1.29 is 9.53 Å². The number of carbonyl (C=O) groups excluding carboxylic acids is 1. The first-order valence-corrected chi connectivity index (χ1v) is 7.60. The zero-order chi connectivity index (χ0) is 15.2. The summed E-state index contributed by atoms with van der Waals surface area (Å²) in [7, 11) is 0. The van der Waals surface area contributed by atoms with Crippen LogP contribution < -0.4 is 10.2 Å². The van der Waals surface area contributed by atoms with E-state index in [1.54, 1.807) is 0 Å². The van der Waals surface area contributed by atoms with Gasteiger partial charge in [-0.15, -0.1) is 0 Å². The Morgan fingerprint density at radius 3 is 2.73 bits per heavy atom. The normalized spacial score (nSPS) is 12.8. The Bertz CT molecular complexity index is 628. The molecule has 0 aromatic heterocycles. The Hall–Kier alpha value is -2.49. The third kappa shape index (κ3) is 3.58. The van der Waals surface area contributed by atoms with Crippen LogP contribution in [0.3, 0.4) is 0 Å². The van der Waals surface area contributed by atoms with Crippen molar-refractivity contribution in [1.82, 2.24) is 5.32 Å². The second-order valence-corrected chi connectivity index (χ2v) is 5.35. The SMILES string of the molecule is O=C(NCCN1CCc2ccccc21)OCc1ccccc1. The van der Waals surface area contributed by atoms with Gasteiger partial charge in [0.05, 0.1) is 0 Å². The fourth-order valence-corrected chi connectivity index (χ4v) is 2.71. The highest BCUT2D eigenvalue weighted by molar-refractivity contribution is 5.67. The molecule has 0 atom stereocenters. The molecule has 1 N–H and O–H groups in total. The summed E-state index contributed by atoms with van der Waals surface area (Å²) in [6.45, 7) is 2.71. The molecule has 0 unspecified atom stereocenters. The number of amides is 1. The molecular formula is C18H20N2O2. The lowest BCUT2D eigenvalue weighted by atomic mass is 10.2. The van der Waals surface area contributed by atoms with Gasteiger partial charge >= 0.3 is 6.09 Å². The van der Waals surface area contributed by atoms with Crippen LogP contribution in [0.5, 0.6) is 0 Å². The number of carbonyl (C=O) groups is 1. The van der Waals surface area contributed by atoms with Crippen molar-refractivity contribution in [2.75, 3.05) is 24.5 Å². The van der Waals surface area contributed by atoms with Gasteiger partial charge in [-0.3, -0.25) is 0 Å². The predicted octanol–water partition coefficient (Wildman–Crippen LogP) is 2.98. The number of nitrogens with zero attached hydrogens (tertiary/aromatic N) is 1. The second kappa shape index (κ2) is 6.98. The maximum atomic E-state index is 11.7. The number of hydrogen-bond donors (Lipinski definition) is 1. The van der Waals surface area contributed by atoms with Crippen LogP contribution in [0.15, 0.2) is 54.6 Å². The van der Waals surface area contributed by atoms with Crippen molar-refractivity contribution in [2.45, 2.75) is 13.0 Å². The highest BCUT2D eigenvalue weighted by Gasteiger charge is 2.17. The zero-order valence-corrected chi connectivity index (χ0v) is 12.5. The summed E-state index contributed by atoms with van der Waals surface area (Å²) in [4.78, 5) is 14.0. The molecule has 3 rings (SSSR count). The summed E-state index contributed by atoms with van der Waals surface area (Å²) in [5, 5.41) is 2.81. The van der Waals surface area contributed by atoms with Gasteiger partial charge in [-0.25, -0.2) is 4.79 Å². The lowest BCUT2D eigenvalue weighted by Gasteiger charge is -2.19. The molecule has 0 aliphatic carbocycles. The molecule has 22 heavy (non-hydrogen) atoms. The first kappa shape index (κ1) is 14.4. The molecule has 1 aliphatic heterocycles. The van der Waals surface area contributed by atoms with Crippen LogP contribution >= 0.6 is 0 Å². The topological polar surface area (TPSA) is 41.6 Å². The van der Waals surface area contributed by atoms with Crippen LogP contribution in [0.2, 0.25) is 0 Å². The fourth-order valence-electron chi connectivity index (χ4n) is 2.71. The molecular weight excluding hydrogens is 276 g/mol. The predicted molar refractivity (Wildman–Crippen MR) is 87.0 cm³/mol. The van der Waals surface area contributed by atoms with Gasteiger partial charge in [0, 0.05) is 25.3 Å². The van der Waals surface area contributed by atoms with Crippen LogP contribution in [0.4, 0.5) is 10.5 Å². The van der Waals surface area contributed by atoms with Crippen molar-refractivity contribution in [3.05, 3.63) is 65.7 Å². The molecule has 0 bridgehead atoms. The number of fused-ring (bicyclic) bond motifs is 1. The molecule has 2 aromatic rings. The first-order chi connectivity index (χ1) is 10.8. The number of anilines is 1. The van der Waals surface area contributed by atoms with Gasteiger partial charge < -0.3 is 15.0 Å². The van der Waals surface area contributed by atoms with Gasteiger partial charge in [0.1, 0.15) is 6.61 Å². The number of nitrogens with one attached hydrogen (secondary N) is 1. The van der Waals surface area contributed by atoms with Crippen LogP contribution in [-0.2, 0) is 17.8 Å². The Kier molecular flexibility index (Phi) is 4.59. The smallest absolute Gasteiger partial charge is 0.407 e. The standard InChI is InChI=1S/C18H20N2O2/c21-18(22-14-15-6-2-1-3-7-15)19-11-13-20-12-10-16-8-4-5-9-17(16)20/h1-9H,10-14H2,(H,19,21). The molecule has 114 valence electrons. The number of ether oxygens (including phenoxy) is 1. The van der Waals surface area contributed by atoms with Gasteiger partial charge in [-0.2, -0.15) is 0 Å². The summed E-state index contributed by atoms with van der Waals surface area (Å²) in [6.07, 6.45) is 0.713. The summed E-state index contributed by atoms with van der Waals surface area (Å²) in [6, 6.07) is 18.1. The molecule has 1 aliphatic rings. The number of hydrogen-bond acceptors (Lipinski definition) is 3. The molecule has 0 fully saturated rings. The fraction of sp³-hybridized carbons (Fsp3) is 0.278. The van der Waals surface area contributed by atoms with E-state index >= 15 is 0 Å². The van der Waals surface area contributed by atoms with Gasteiger partial charge in [0.15, 0.2) is 0 Å². The van der Waals surface area contributed by atoms with Crippen LogP contribution in [0, 0.1) is 0 Å². The quantitative estimate of drug-likeness (QED) is 0.922. The van der Waals surface area contributed by atoms with Gasteiger partial charge in [0.25, 0.3) is 0 Å².